The van der Waals surface area contributed by atoms with Crippen molar-refractivity contribution < 1.29 is 13.6 Å². The molecule has 7 heteroatoms. The van der Waals surface area contributed by atoms with Crippen molar-refractivity contribution in [2.45, 2.75) is 24.3 Å². The summed E-state index contributed by atoms with van der Waals surface area (Å²) in [4.78, 5) is 16.1. The molecule has 0 saturated carbocycles. The van der Waals surface area contributed by atoms with Gasteiger partial charge in [0.05, 0.1) is 16.6 Å². The second kappa shape index (κ2) is 5.96. The van der Waals surface area contributed by atoms with Crippen LogP contribution in [0.15, 0.2) is 34.1 Å². The minimum absolute atomic E-state index is 0.0611. The molecule has 0 aliphatic carbocycles. The van der Waals surface area contributed by atoms with Gasteiger partial charge in [-0.15, -0.1) is 0 Å². The molecular formula is C13H14FN3O2S. The maximum Gasteiger partial charge on any atom is 0.256 e. The summed E-state index contributed by atoms with van der Waals surface area (Å²) in [7, 11) is 0. The standard InChI is InChI=1S/C13H14FN3O2S/c1-7-6-19-13(16-7)20-8(2)12(18)17-11-5-9(15)3-4-10(11)14/h3-6,8H,15H2,1-2H3,(H,17,18). The summed E-state index contributed by atoms with van der Waals surface area (Å²) in [5.41, 5.74) is 6.74. The lowest BCUT2D eigenvalue weighted by atomic mass is 10.2. The Morgan fingerprint density at radius 3 is 2.95 bits per heavy atom. The van der Waals surface area contributed by atoms with Gasteiger partial charge in [-0.3, -0.25) is 4.79 Å². The number of oxazole rings is 1. The van der Waals surface area contributed by atoms with Crippen molar-refractivity contribution in [3.8, 4) is 0 Å². The Hall–Kier alpha value is -2.02. The number of nitrogens with one attached hydrogen (secondary N) is 1. The van der Waals surface area contributed by atoms with E-state index in [1.807, 2.05) is 0 Å². The normalized spacial score (nSPS) is 12.2. The molecule has 0 saturated heterocycles. The number of anilines is 2. The molecule has 0 aliphatic heterocycles. The molecular weight excluding hydrogens is 281 g/mol. The minimum Gasteiger partial charge on any atom is -0.440 e. The second-order valence-electron chi connectivity index (χ2n) is 4.24. The summed E-state index contributed by atoms with van der Waals surface area (Å²) in [6.45, 7) is 3.48. The zero-order valence-corrected chi connectivity index (χ0v) is 11.8. The molecule has 0 aliphatic rings. The summed E-state index contributed by atoms with van der Waals surface area (Å²) < 4.78 is 18.7. The topological polar surface area (TPSA) is 81.2 Å². The van der Waals surface area contributed by atoms with E-state index in [4.69, 9.17) is 10.2 Å². The van der Waals surface area contributed by atoms with Crippen molar-refractivity contribution in [2.24, 2.45) is 0 Å². The lowest BCUT2D eigenvalue weighted by Crippen LogP contribution is -2.23. The number of thioether (sulfide) groups is 1. The maximum atomic E-state index is 13.5. The van der Waals surface area contributed by atoms with Crippen LogP contribution in [0.3, 0.4) is 0 Å². The van der Waals surface area contributed by atoms with Crippen LogP contribution >= 0.6 is 11.8 Å². The highest BCUT2D eigenvalue weighted by Gasteiger charge is 2.18. The van der Waals surface area contributed by atoms with Crippen LogP contribution in [0, 0.1) is 12.7 Å². The first-order valence-electron chi connectivity index (χ1n) is 5.90. The van der Waals surface area contributed by atoms with Gasteiger partial charge in [0, 0.05) is 5.69 Å². The number of amides is 1. The van der Waals surface area contributed by atoms with Gasteiger partial charge in [-0.1, -0.05) is 11.8 Å². The number of aryl methyl sites for hydroxylation is 1. The predicted octanol–water partition coefficient (Wildman–Crippen LogP) is 2.82. The summed E-state index contributed by atoms with van der Waals surface area (Å²) >= 11 is 1.16. The van der Waals surface area contributed by atoms with Gasteiger partial charge in [0.15, 0.2) is 0 Å². The van der Waals surface area contributed by atoms with Crippen LogP contribution in [0.25, 0.3) is 0 Å². The first-order valence-corrected chi connectivity index (χ1v) is 6.78. The molecule has 1 heterocycles. The van der Waals surface area contributed by atoms with E-state index in [9.17, 15) is 9.18 Å². The molecule has 5 nitrogen and oxygen atoms in total. The highest BCUT2D eigenvalue weighted by molar-refractivity contribution is 8.00. The molecule has 0 bridgehead atoms. The van der Waals surface area contributed by atoms with Crippen LogP contribution in [0.4, 0.5) is 15.8 Å². The van der Waals surface area contributed by atoms with Crippen molar-refractivity contribution in [1.29, 1.82) is 0 Å². The van der Waals surface area contributed by atoms with Crippen LogP contribution in [0.2, 0.25) is 0 Å². The fraction of sp³-hybridized carbons (Fsp3) is 0.231. The summed E-state index contributed by atoms with van der Waals surface area (Å²) in [5, 5.41) is 2.42. The van der Waals surface area contributed by atoms with Gasteiger partial charge in [-0.05, 0) is 32.0 Å². The van der Waals surface area contributed by atoms with E-state index < -0.39 is 11.1 Å². The fourth-order valence-corrected chi connectivity index (χ4v) is 2.23. The zero-order valence-electron chi connectivity index (χ0n) is 11.0. The van der Waals surface area contributed by atoms with Crippen LogP contribution in [-0.2, 0) is 4.79 Å². The SMILES string of the molecule is Cc1coc(SC(C)C(=O)Nc2cc(N)ccc2F)n1. The maximum absolute atomic E-state index is 13.5. The van der Waals surface area contributed by atoms with E-state index in [-0.39, 0.29) is 11.6 Å². The molecule has 1 unspecified atom stereocenters. The number of nitrogens with zero attached hydrogens (tertiary/aromatic N) is 1. The molecule has 1 amide bonds. The number of nitrogen functional groups attached to an aromatic ring is 1. The van der Waals surface area contributed by atoms with E-state index in [0.29, 0.717) is 10.9 Å². The Kier molecular flexibility index (Phi) is 4.29. The second-order valence-corrected chi connectivity index (χ2v) is 5.54. The predicted molar refractivity (Wildman–Crippen MR) is 76.0 cm³/mol. The first kappa shape index (κ1) is 14.4. The molecule has 1 aromatic heterocycles. The molecule has 0 radical (unpaired) electrons. The highest BCUT2D eigenvalue weighted by atomic mass is 32.2. The van der Waals surface area contributed by atoms with Gasteiger partial charge in [-0.25, -0.2) is 9.37 Å². The number of carbonyl (C=O) groups is 1. The molecule has 0 fully saturated rings. The molecule has 2 rings (SSSR count). The van der Waals surface area contributed by atoms with Crippen LogP contribution in [-0.4, -0.2) is 16.1 Å². The van der Waals surface area contributed by atoms with Crippen molar-refractivity contribution in [3.63, 3.8) is 0 Å². The number of aromatic nitrogens is 1. The Morgan fingerprint density at radius 2 is 2.30 bits per heavy atom. The van der Waals surface area contributed by atoms with E-state index in [0.717, 1.165) is 17.5 Å². The van der Waals surface area contributed by atoms with Crippen LogP contribution < -0.4 is 11.1 Å². The first-order chi connectivity index (χ1) is 9.45. The number of benzene rings is 1. The molecule has 1 atom stereocenters. The number of halogens is 1. The third kappa shape index (κ3) is 3.51. The average Bonchev–Trinajstić information content (AvgIpc) is 2.79. The smallest absolute Gasteiger partial charge is 0.256 e. The van der Waals surface area contributed by atoms with Crippen molar-refractivity contribution in [2.75, 3.05) is 11.1 Å². The van der Waals surface area contributed by atoms with E-state index >= 15 is 0 Å². The number of rotatable bonds is 4. The van der Waals surface area contributed by atoms with Gasteiger partial charge in [0.2, 0.25) is 5.91 Å². The molecule has 2 aromatic rings. The van der Waals surface area contributed by atoms with Crippen LogP contribution in [0.1, 0.15) is 12.6 Å². The van der Waals surface area contributed by atoms with E-state index in [2.05, 4.69) is 10.3 Å². The van der Waals surface area contributed by atoms with E-state index in [1.54, 1.807) is 13.8 Å². The van der Waals surface area contributed by atoms with Crippen molar-refractivity contribution >= 4 is 29.0 Å². The molecule has 1 aromatic carbocycles. The number of hydrogen-bond acceptors (Lipinski definition) is 5. The minimum atomic E-state index is -0.531. The zero-order chi connectivity index (χ0) is 14.7. The number of carbonyl (C=O) groups excluding carboxylic acids is 1. The Morgan fingerprint density at radius 1 is 1.55 bits per heavy atom. The van der Waals surface area contributed by atoms with Crippen molar-refractivity contribution in [3.05, 3.63) is 36.0 Å². The summed E-state index contributed by atoms with van der Waals surface area (Å²) in [5.74, 6) is -0.882. The number of hydrogen-bond donors (Lipinski definition) is 2. The van der Waals surface area contributed by atoms with Gasteiger partial charge in [0.1, 0.15) is 12.1 Å². The van der Waals surface area contributed by atoms with E-state index in [1.165, 1.54) is 24.5 Å². The Labute approximate surface area is 119 Å². The highest BCUT2D eigenvalue weighted by Crippen LogP contribution is 2.24. The fourth-order valence-electron chi connectivity index (χ4n) is 1.46. The molecule has 106 valence electrons. The van der Waals surface area contributed by atoms with Gasteiger partial charge in [0.25, 0.3) is 5.22 Å². The monoisotopic (exact) mass is 295 g/mol. The van der Waals surface area contributed by atoms with Crippen molar-refractivity contribution in [1.82, 2.24) is 4.98 Å². The van der Waals surface area contributed by atoms with Crippen LogP contribution in [0.5, 0.6) is 0 Å². The third-order valence-electron chi connectivity index (χ3n) is 2.49. The molecule has 20 heavy (non-hydrogen) atoms. The lowest BCUT2D eigenvalue weighted by Gasteiger charge is -2.11. The largest absolute Gasteiger partial charge is 0.440 e. The quantitative estimate of drug-likeness (QED) is 0.669. The molecule has 3 N–H and O–H groups in total. The van der Waals surface area contributed by atoms with Gasteiger partial charge < -0.3 is 15.5 Å². The summed E-state index contributed by atoms with van der Waals surface area (Å²) in [6, 6.07) is 4.01. The Bertz CT molecular complexity index is 630. The Balaban J connectivity index is 2.02. The third-order valence-corrected chi connectivity index (χ3v) is 3.45. The summed E-state index contributed by atoms with van der Waals surface area (Å²) in [6.07, 6.45) is 1.50. The lowest BCUT2D eigenvalue weighted by molar-refractivity contribution is -0.115. The average molecular weight is 295 g/mol. The number of nitrogens with two attached hydrogens (primary N) is 1. The van der Waals surface area contributed by atoms with Gasteiger partial charge >= 0.3 is 0 Å². The molecule has 0 spiro atoms. The van der Waals surface area contributed by atoms with Gasteiger partial charge in [-0.2, -0.15) is 0 Å².